The number of nitrogen functional groups attached to an aromatic ring is 1. The molecule has 3 heterocycles. The predicted octanol–water partition coefficient (Wildman–Crippen LogP) is 1.91. The van der Waals surface area contributed by atoms with Gasteiger partial charge in [0.25, 0.3) is 5.91 Å². The smallest absolute Gasteiger partial charge is 0.407 e. The Morgan fingerprint density at radius 2 is 1.85 bits per heavy atom. The van der Waals surface area contributed by atoms with E-state index in [9.17, 15) is 9.59 Å². The van der Waals surface area contributed by atoms with Crippen LogP contribution in [-0.4, -0.2) is 63.1 Å². The molecule has 2 amide bonds. The van der Waals surface area contributed by atoms with Crippen LogP contribution in [0.1, 0.15) is 10.4 Å². The maximum atomic E-state index is 12.8. The van der Waals surface area contributed by atoms with E-state index in [4.69, 9.17) is 15.3 Å². The highest BCUT2D eigenvalue weighted by Crippen LogP contribution is 2.26. The minimum atomic E-state index is -0.974. The van der Waals surface area contributed by atoms with Gasteiger partial charge in [-0.2, -0.15) is 4.98 Å². The van der Waals surface area contributed by atoms with E-state index in [0.717, 1.165) is 0 Å². The first-order valence-corrected chi connectivity index (χ1v) is 8.41. The molecule has 1 fully saturated rings. The van der Waals surface area contributed by atoms with Gasteiger partial charge in [-0.3, -0.25) is 4.79 Å². The standard InChI is InChI=1S/C18H17N5O4/c19-13-9-11(16-21-15-14(27-16)2-1-3-20-15)8-12(10-13)17(24)22-4-6-23(7-5-22)18(25)26/h1-3,8-10H,4-7,19H2,(H,25,26). The first-order valence-electron chi connectivity index (χ1n) is 8.41. The molecule has 1 aliphatic heterocycles. The molecule has 0 spiro atoms. The summed E-state index contributed by atoms with van der Waals surface area (Å²) < 4.78 is 5.70. The van der Waals surface area contributed by atoms with Gasteiger partial charge in [0.2, 0.25) is 5.89 Å². The van der Waals surface area contributed by atoms with Crippen molar-refractivity contribution < 1.29 is 19.1 Å². The molecule has 0 radical (unpaired) electrons. The Labute approximate surface area is 154 Å². The van der Waals surface area contributed by atoms with Gasteiger partial charge in [-0.25, -0.2) is 9.78 Å². The van der Waals surface area contributed by atoms with Crippen LogP contribution in [-0.2, 0) is 0 Å². The van der Waals surface area contributed by atoms with Crippen molar-refractivity contribution in [2.24, 2.45) is 0 Å². The van der Waals surface area contributed by atoms with Crippen LogP contribution in [0, 0.1) is 0 Å². The number of aromatic nitrogens is 2. The summed E-state index contributed by atoms with van der Waals surface area (Å²) in [6.45, 7) is 1.24. The summed E-state index contributed by atoms with van der Waals surface area (Å²) in [5.41, 5.74) is 8.41. The molecule has 138 valence electrons. The summed E-state index contributed by atoms with van der Waals surface area (Å²) in [7, 11) is 0. The Hall–Kier alpha value is -3.62. The summed E-state index contributed by atoms with van der Waals surface area (Å²) in [5.74, 6) is 0.128. The third-order valence-electron chi connectivity index (χ3n) is 4.45. The van der Waals surface area contributed by atoms with Crippen LogP contribution in [0.25, 0.3) is 22.7 Å². The summed E-state index contributed by atoms with van der Waals surface area (Å²) >= 11 is 0. The van der Waals surface area contributed by atoms with Crippen molar-refractivity contribution in [3.05, 3.63) is 42.1 Å². The normalized spacial score (nSPS) is 14.5. The minimum absolute atomic E-state index is 0.206. The quantitative estimate of drug-likeness (QED) is 0.663. The van der Waals surface area contributed by atoms with Gasteiger partial charge in [0.1, 0.15) is 0 Å². The number of nitrogens with two attached hydrogens (primary N) is 1. The number of piperazine rings is 1. The van der Waals surface area contributed by atoms with E-state index in [1.807, 2.05) is 0 Å². The van der Waals surface area contributed by atoms with Crippen LogP contribution in [0.2, 0.25) is 0 Å². The van der Waals surface area contributed by atoms with Crippen LogP contribution in [0.5, 0.6) is 0 Å². The maximum Gasteiger partial charge on any atom is 0.407 e. The first-order chi connectivity index (χ1) is 13.0. The summed E-state index contributed by atoms with van der Waals surface area (Å²) in [4.78, 5) is 35.2. The van der Waals surface area contributed by atoms with E-state index in [2.05, 4.69) is 9.97 Å². The molecule has 2 aromatic heterocycles. The van der Waals surface area contributed by atoms with Gasteiger partial charge in [-0.05, 0) is 30.3 Å². The Morgan fingerprint density at radius 1 is 1.11 bits per heavy atom. The van der Waals surface area contributed by atoms with Crippen molar-refractivity contribution >= 4 is 28.9 Å². The van der Waals surface area contributed by atoms with Gasteiger partial charge in [0.05, 0.1) is 0 Å². The zero-order valence-electron chi connectivity index (χ0n) is 14.3. The van der Waals surface area contributed by atoms with Crippen LogP contribution in [0.15, 0.2) is 40.9 Å². The number of rotatable bonds is 2. The van der Waals surface area contributed by atoms with Gasteiger partial charge in [-0.1, -0.05) is 0 Å². The molecule has 1 saturated heterocycles. The van der Waals surface area contributed by atoms with E-state index in [-0.39, 0.29) is 19.0 Å². The zero-order valence-corrected chi connectivity index (χ0v) is 14.3. The summed E-state index contributed by atoms with van der Waals surface area (Å²) in [6, 6.07) is 8.47. The molecule has 0 atom stereocenters. The van der Waals surface area contributed by atoms with Crippen molar-refractivity contribution in [2.75, 3.05) is 31.9 Å². The Bertz CT molecular complexity index is 991. The molecule has 9 heteroatoms. The number of anilines is 1. The van der Waals surface area contributed by atoms with Crippen molar-refractivity contribution in [3.8, 4) is 11.5 Å². The topological polar surface area (TPSA) is 126 Å². The number of carboxylic acid groups (broad SMARTS) is 1. The van der Waals surface area contributed by atoms with Crippen LogP contribution in [0.4, 0.5) is 10.5 Å². The molecule has 1 aliphatic rings. The summed E-state index contributed by atoms with van der Waals surface area (Å²) in [5, 5.41) is 9.02. The van der Waals surface area contributed by atoms with Gasteiger partial charge in [0.15, 0.2) is 11.2 Å². The lowest BCUT2D eigenvalue weighted by Crippen LogP contribution is -2.50. The van der Waals surface area contributed by atoms with Crippen molar-refractivity contribution in [1.82, 2.24) is 19.8 Å². The number of fused-ring (bicyclic) bond motifs is 1. The van der Waals surface area contributed by atoms with Crippen LogP contribution >= 0.6 is 0 Å². The minimum Gasteiger partial charge on any atom is -0.465 e. The molecule has 3 N–H and O–H groups in total. The maximum absolute atomic E-state index is 12.8. The van der Waals surface area contributed by atoms with E-state index in [0.29, 0.717) is 47.0 Å². The first kappa shape index (κ1) is 16.8. The van der Waals surface area contributed by atoms with Gasteiger partial charge in [0, 0.05) is 49.2 Å². The molecule has 0 aliphatic carbocycles. The van der Waals surface area contributed by atoms with Gasteiger partial charge in [-0.15, -0.1) is 0 Å². The van der Waals surface area contributed by atoms with Crippen molar-refractivity contribution in [2.45, 2.75) is 0 Å². The third-order valence-corrected chi connectivity index (χ3v) is 4.45. The average molecular weight is 367 g/mol. The van der Waals surface area contributed by atoms with E-state index >= 15 is 0 Å². The van der Waals surface area contributed by atoms with E-state index in [1.54, 1.807) is 41.4 Å². The summed E-state index contributed by atoms with van der Waals surface area (Å²) in [6.07, 6.45) is 0.651. The average Bonchev–Trinajstić information content (AvgIpc) is 3.11. The highest BCUT2D eigenvalue weighted by molar-refractivity contribution is 5.96. The molecule has 1 aromatic carbocycles. The Kier molecular flexibility index (Phi) is 4.11. The fourth-order valence-corrected chi connectivity index (χ4v) is 3.07. The largest absolute Gasteiger partial charge is 0.465 e. The number of nitrogens with zero attached hydrogens (tertiary/aromatic N) is 4. The number of oxazole rings is 1. The van der Waals surface area contributed by atoms with Crippen LogP contribution in [0.3, 0.4) is 0 Å². The fourth-order valence-electron chi connectivity index (χ4n) is 3.07. The number of carbonyl (C=O) groups is 2. The highest BCUT2D eigenvalue weighted by atomic mass is 16.4. The molecule has 27 heavy (non-hydrogen) atoms. The molecule has 0 bridgehead atoms. The van der Waals surface area contributed by atoms with Crippen molar-refractivity contribution in [3.63, 3.8) is 0 Å². The Morgan fingerprint density at radius 3 is 2.56 bits per heavy atom. The Balaban J connectivity index is 1.60. The molecule has 0 saturated carbocycles. The molecule has 4 rings (SSSR count). The van der Waals surface area contributed by atoms with E-state index < -0.39 is 6.09 Å². The molecule has 0 unspecified atom stereocenters. The number of pyridine rings is 1. The van der Waals surface area contributed by atoms with Crippen LogP contribution < -0.4 is 5.73 Å². The SMILES string of the molecule is Nc1cc(C(=O)N2CCN(C(=O)O)CC2)cc(-c2nc3ncccc3o2)c1. The second kappa shape index (κ2) is 6.60. The van der Waals surface area contributed by atoms with Gasteiger partial charge < -0.3 is 25.1 Å². The van der Waals surface area contributed by atoms with E-state index in [1.165, 1.54) is 4.90 Å². The van der Waals surface area contributed by atoms with Gasteiger partial charge >= 0.3 is 6.09 Å². The lowest BCUT2D eigenvalue weighted by atomic mass is 10.1. The molecular formula is C18H17N5O4. The molecule has 9 nitrogen and oxygen atoms in total. The lowest BCUT2D eigenvalue weighted by molar-refractivity contribution is 0.0625. The number of carbonyl (C=O) groups excluding carboxylic acids is 1. The predicted molar refractivity (Wildman–Crippen MR) is 97.2 cm³/mol. The lowest BCUT2D eigenvalue weighted by Gasteiger charge is -2.33. The number of amides is 2. The third kappa shape index (κ3) is 3.26. The number of hydrogen-bond acceptors (Lipinski definition) is 6. The highest BCUT2D eigenvalue weighted by Gasteiger charge is 2.25. The molecule has 3 aromatic rings. The second-order valence-electron chi connectivity index (χ2n) is 6.25. The monoisotopic (exact) mass is 367 g/mol. The number of hydrogen-bond donors (Lipinski definition) is 2. The van der Waals surface area contributed by atoms with Crippen molar-refractivity contribution in [1.29, 1.82) is 0 Å². The second-order valence-corrected chi connectivity index (χ2v) is 6.25. The molecular weight excluding hydrogens is 350 g/mol. The fraction of sp³-hybridized carbons (Fsp3) is 0.222. The zero-order chi connectivity index (χ0) is 19.0. The number of benzene rings is 1.